The molecule has 0 unspecified atom stereocenters. The quantitative estimate of drug-likeness (QED) is 0.304. The Kier molecular flexibility index (Phi) is 46.4. The molecule has 0 saturated carbocycles. The predicted molar refractivity (Wildman–Crippen MR) is 45.3 cm³/mol. The molecular formula is Cl2Mg3O9P2. The van der Waals surface area contributed by atoms with Crippen molar-refractivity contribution in [2.24, 2.45) is 0 Å². The molecule has 0 aliphatic carbocycles. The molecule has 0 N–H and O–H groups in total. The third kappa shape index (κ3) is 470. The molecule has 0 amide bonds. The van der Waals surface area contributed by atoms with Gasteiger partial charge in [0.15, 0.2) is 0 Å². The van der Waals surface area contributed by atoms with E-state index in [1.807, 2.05) is 0 Å². The van der Waals surface area contributed by atoms with Crippen LogP contribution in [0.5, 0.6) is 0 Å². The number of phosphoric acid groups is 2. The van der Waals surface area contributed by atoms with Crippen LogP contribution in [0.3, 0.4) is 0 Å². The van der Waals surface area contributed by atoms with Crippen molar-refractivity contribution in [3.8, 4) is 0 Å². The van der Waals surface area contributed by atoms with Gasteiger partial charge >= 0.3 is 69.2 Å². The molecule has 0 aromatic heterocycles. The first-order valence-electron chi connectivity index (χ1n) is 1.77. The topological polar surface area (TPSA) is 182 Å². The van der Waals surface area contributed by atoms with Crippen LogP contribution in [0.15, 0.2) is 0 Å². The zero-order chi connectivity index (χ0) is 11.7. The molecule has 0 fully saturated rings. The second-order valence-electron chi connectivity index (χ2n) is 0.953. The fourth-order valence-corrected chi connectivity index (χ4v) is 0. The zero-order valence-electron chi connectivity index (χ0n) is 7.45. The second kappa shape index (κ2) is 20.4. The number of halogens is 2. The molecule has 0 aromatic rings. The summed E-state index contributed by atoms with van der Waals surface area (Å²) in [6.07, 6.45) is 0. The maximum Gasteiger partial charge on any atom is 2.00 e. The minimum atomic E-state index is -5.39. The molecule has 16 heteroatoms. The first kappa shape index (κ1) is 36.4. The van der Waals surface area contributed by atoms with Crippen LogP contribution < -0.4 is 29.4 Å². The smallest absolute Gasteiger partial charge is 0.822 e. The van der Waals surface area contributed by atoms with Gasteiger partial charge in [-0.15, -0.1) is 0 Å². The van der Waals surface area contributed by atoms with Crippen LogP contribution in [0.25, 0.3) is 0 Å². The van der Waals surface area contributed by atoms with Crippen molar-refractivity contribution in [3.63, 3.8) is 0 Å². The predicted octanol–water partition coefficient (Wildman–Crippen LogP) is -5.48. The van der Waals surface area contributed by atoms with Crippen molar-refractivity contribution in [2.45, 2.75) is 0 Å². The van der Waals surface area contributed by atoms with Crippen molar-refractivity contribution in [1.29, 1.82) is 0 Å². The van der Waals surface area contributed by atoms with E-state index in [9.17, 15) is 0 Å². The Morgan fingerprint density at radius 1 is 0.688 bits per heavy atom. The average molecular weight is 350 g/mol. The van der Waals surface area contributed by atoms with Crippen LogP contribution >= 0.6 is 39.4 Å². The molecule has 9 nitrogen and oxygen atoms in total. The van der Waals surface area contributed by atoms with Gasteiger partial charge in [-0.25, -0.2) is 0 Å². The zero-order valence-corrected chi connectivity index (χ0v) is 15.0. The minimum absolute atomic E-state index is 0. The molecule has 84 valence electrons. The van der Waals surface area contributed by atoms with Crippen molar-refractivity contribution in [3.05, 3.63) is 0 Å². The Hall–Kier alpha value is 3.06. The summed E-state index contributed by atoms with van der Waals surface area (Å²) < 4.78 is 20.3. The Morgan fingerprint density at radius 3 is 0.688 bits per heavy atom. The number of hydrogen-bond acceptors (Lipinski definition) is 9. The molecule has 0 spiro atoms. The Balaban J connectivity index is -0.0000000220. The Bertz CT molecular complexity index is 151. The van der Waals surface area contributed by atoms with Gasteiger partial charge in [-0.1, -0.05) is 0 Å². The van der Waals surface area contributed by atoms with Crippen molar-refractivity contribution in [2.75, 3.05) is 0 Å². The fourth-order valence-electron chi connectivity index (χ4n) is 0. The van der Waals surface area contributed by atoms with Gasteiger partial charge < -0.3 is 38.5 Å². The Morgan fingerprint density at radius 2 is 0.688 bits per heavy atom. The van der Waals surface area contributed by atoms with Crippen LogP contribution in [-0.2, 0) is 13.0 Å². The third-order valence-electron chi connectivity index (χ3n) is 0. The SMILES string of the molecule is ClOCl.O=P([O-])([O-])[O-].O=P([O-])([O-])[O-].[Mg+2].[Mg+2].[Mg+2]. The summed E-state index contributed by atoms with van der Waals surface area (Å²) in [6.45, 7) is 0. The molecule has 0 aliphatic heterocycles. The van der Waals surface area contributed by atoms with Crippen molar-refractivity contribution >= 4 is 109 Å². The summed E-state index contributed by atoms with van der Waals surface area (Å²) in [5.74, 6) is 0. The number of rotatable bonds is 0. The first-order chi connectivity index (χ1) is 5.41. The fraction of sp³-hybridized carbons (Fsp3) is 0. The maximum atomic E-state index is 8.55. The third-order valence-corrected chi connectivity index (χ3v) is 0. The van der Waals surface area contributed by atoms with Crippen LogP contribution in [0.4, 0.5) is 0 Å². The molecule has 0 aromatic carbocycles. The number of hydrogen-bond donors (Lipinski definition) is 0. The summed E-state index contributed by atoms with van der Waals surface area (Å²) >= 11 is 8.53. The molecule has 0 heterocycles. The van der Waals surface area contributed by atoms with Crippen LogP contribution in [-0.4, -0.2) is 69.2 Å². The monoisotopic (exact) mass is 348 g/mol. The molecule has 0 bridgehead atoms. The Labute approximate surface area is 149 Å². The van der Waals surface area contributed by atoms with Crippen LogP contribution in [0.1, 0.15) is 0 Å². The first-order valence-corrected chi connectivity index (χ1v) is 5.31. The second-order valence-corrected chi connectivity index (χ2v) is 3.21. The van der Waals surface area contributed by atoms with E-state index in [0.717, 1.165) is 0 Å². The maximum absolute atomic E-state index is 8.55. The summed E-state index contributed by atoms with van der Waals surface area (Å²) in [6, 6.07) is 0. The van der Waals surface area contributed by atoms with Gasteiger partial charge in [-0.05, 0) is 0 Å². The summed E-state index contributed by atoms with van der Waals surface area (Å²) in [4.78, 5) is 51.3. The van der Waals surface area contributed by atoms with Crippen molar-refractivity contribution in [1.82, 2.24) is 0 Å². The molecule has 16 heavy (non-hydrogen) atoms. The minimum Gasteiger partial charge on any atom is -0.822 e. The molecule has 0 radical (unpaired) electrons. The standard InChI is InChI=1S/Cl2O.3Mg.2H3O4P/c1-3-2;;;;2*1-5(2,3)4/h;;;;2*(H3,1,2,3,4)/q;3*+2;;/p-6. The van der Waals surface area contributed by atoms with Crippen LogP contribution in [0.2, 0.25) is 0 Å². The van der Waals surface area contributed by atoms with Crippen LogP contribution in [0, 0.1) is 0 Å². The molecule has 0 saturated heterocycles. The van der Waals surface area contributed by atoms with E-state index in [1.54, 1.807) is 0 Å². The van der Waals surface area contributed by atoms with E-state index >= 15 is 0 Å². The van der Waals surface area contributed by atoms with Gasteiger partial charge in [0.05, 0.1) is 23.7 Å². The summed E-state index contributed by atoms with van der Waals surface area (Å²) in [5.41, 5.74) is 0. The van der Waals surface area contributed by atoms with E-state index in [4.69, 9.17) is 38.5 Å². The van der Waals surface area contributed by atoms with Crippen molar-refractivity contribution < 1.29 is 42.3 Å². The molecule has 0 atom stereocenters. The van der Waals surface area contributed by atoms with Gasteiger partial charge in [0.25, 0.3) is 0 Å². The molecular weight excluding hydrogens is 350 g/mol. The molecule has 0 aliphatic rings. The van der Waals surface area contributed by atoms with E-state index in [1.165, 1.54) is 0 Å². The van der Waals surface area contributed by atoms with E-state index < -0.39 is 15.6 Å². The summed E-state index contributed by atoms with van der Waals surface area (Å²) in [7, 11) is -10.8. The van der Waals surface area contributed by atoms with Gasteiger partial charge in [-0.2, -0.15) is 19.5 Å². The summed E-state index contributed by atoms with van der Waals surface area (Å²) in [5, 5.41) is 0. The van der Waals surface area contributed by atoms with E-state index in [0.29, 0.717) is 0 Å². The van der Waals surface area contributed by atoms with E-state index in [2.05, 4.69) is 27.6 Å². The van der Waals surface area contributed by atoms with Gasteiger partial charge in [-0.3, -0.25) is 0 Å². The molecule has 0 rings (SSSR count). The average Bonchev–Trinajstić information content (AvgIpc) is 1.52. The van der Waals surface area contributed by atoms with Gasteiger partial charge in [0, 0.05) is 0 Å². The van der Waals surface area contributed by atoms with E-state index in [-0.39, 0.29) is 69.2 Å². The normalized spacial score (nSPS) is 8.50. The largest absolute Gasteiger partial charge is 2.00 e. The van der Waals surface area contributed by atoms with Gasteiger partial charge in [0.1, 0.15) is 0 Å². The van der Waals surface area contributed by atoms with Gasteiger partial charge in [0.2, 0.25) is 0 Å².